The maximum atomic E-state index is 12.3. The van der Waals surface area contributed by atoms with Crippen LogP contribution in [0.25, 0.3) is 0 Å². The molecule has 0 aliphatic carbocycles. The topological polar surface area (TPSA) is 49.4 Å². The normalized spacial score (nSPS) is 15.2. The molecule has 1 saturated heterocycles. The van der Waals surface area contributed by atoms with Crippen molar-refractivity contribution in [3.05, 3.63) is 60.2 Å². The third-order valence-corrected chi connectivity index (χ3v) is 5.33. The maximum absolute atomic E-state index is 12.3. The van der Waals surface area contributed by atoms with E-state index in [1.54, 1.807) is 11.8 Å². The van der Waals surface area contributed by atoms with E-state index in [0.717, 1.165) is 29.1 Å². The molecule has 0 radical (unpaired) electrons. The number of benzene rings is 2. The van der Waals surface area contributed by atoms with Crippen LogP contribution in [0.15, 0.2) is 59.5 Å². The summed E-state index contributed by atoms with van der Waals surface area (Å²) in [4.78, 5) is 26.9. The minimum absolute atomic E-state index is 0.0210. The molecule has 1 aliphatic rings. The van der Waals surface area contributed by atoms with Gasteiger partial charge in [0, 0.05) is 30.1 Å². The Morgan fingerprint density at radius 2 is 1.88 bits per heavy atom. The van der Waals surface area contributed by atoms with Crippen molar-refractivity contribution >= 4 is 29.3 Å². The van der Waals surface area contributed by atoms with Crippen LogP contribution >= 0.6 is 11.8 Å². The first-order valence-electron chi connectivity index (χ1n) is 8.52. The zero-order valence-electron chi connectivity index (χ0n) is 14.3. The Morgan fingerprint density at radius 1 is 1.16 bits per heavy atom. The summed E-state index contributed by atoms with van der Waals surface area (Å²) in [5, 5.41) is 2.83. The van der Waals surface area contributed by atoms with E-state index < -0.39 is 0 Å². The van der Waals surface area contributed by atoms with Crippen LogP contribution in [-0.2, 0) is 16.1 Å². The number of nitrogens with zero attached hydrogens (tertiary/aromatic N) is 1. The summed E-state index contributed by atoms with van der Waals surface area (Å²) in [7, 11) is 0. The van der Waals surface area contributed by atoms with Gasteiger partial charge in [0.15, 0.2) is 0 Å². The number of carbonyl (C=O) groups excluding carboxylic acids is 2. The molecule has 2 aromatic rings. The van der Waals surface area contributed by atoms with E-state index in [1.165, 1.54) is 0 Å². The average molecular weight is 354 g/mol. The lowest BCUT2D eigenvalue weighted by atomic mass is 10.2. The van der Waals surface area contributed by atoms with Crippen LogP contribution in [0.5, 0.6) is 0 Å². The van der Waals surface area contributed by atoms with Crippen molar-refractivity contribution in [1.29, 1.82) is 0 Å². The van der Waals surface area contributed by atoms with Crippen molar-refractivity contribution in [3.63, 3.8) is 0 Å². The number of carbonyl (C=O) groups is 2. The van der Waals surface area contributed by atoms with E-state index in [9.17, 15) is 9.59 Å². The first kappa shape index (κ1) is 17.5. The second-order valence-corrected chi connectivity index (χ2v) is 7.52. The third kappa shape index (κ3) is 4.63. The van der Waals surface area contributed by atoms with Crippen LogP contribution in [0.3, 0.4) is 0 Å². The van der Waals surface area contributed by atoms with E-state index in [2.05, 4.69) is 5.32 Å². The molecule has 0 aromatic heterocycles. The van der Waals surface area contributed by atoms with Crippen molar-refractivity contribution in [2.75, 3.05) is 11.4 Å². The fourth-order valence-electron chi connectivity index (χ4n) is 2.80. The third-order valence-electron chi connectivity index (χ3n) is 4.21. The van der Waals surface area contributed by atoms with Gasteiger partial charge in [-0.25, -0.2) is 0 Å². The van der Waals surface area contributed by atoms with E-state index in [1.807, 2.05) is 66.4 Å². The van der Waals surface area contributed by atoms with Crippen LogP contribution < -0.4 is 10.2 Å². The molecule has 0 spiro atoms. The summed E-state index contributed by atoms with van der Waals surface area (Å²) < 4.78 is 0. The minimum Gasteiger partial charge on any atom is -0.351 e. The lowest BCUT2D eigenvalue weighted by Crippen LogP contribution is -2.30. The Kier molecular flexibility index (Phi) is 5.76. The molecule has 0 saturated carbocycles. The lowest BCUT2D eigenvalue weighted by Gasteiger charge is -2.16. The molecule has 130 valence electrons. The molecule has 1 N–H and O–H groups in total. The summed E-state index contributed by atoms with van der Waals surface area (Å²) in [6, 6.07) is 17.8. The van der Waals surface area contributed by atoms with E-state index in [0.29, 0.717) is 13.0 Å². The number of hydrogen-bond donors (Lipinski definition) is 1. The van der Waals surface area contributed by atoms with Gasteiger partial charge in [0.1, 0.15) is 0 Å². The Bertz CT molecular complexity index is 731. The van der Waals surface area contributed by atoms with Crippen LogP contribution in [0.1, 0.15) is 25.3 Å². The van der Waals surface area contributed by atoms with Gasteiger partial charge in [0.2, 0.25) is 11.8 Å². The molecule has 2 amide bonds. The summed E-state index contributed by atoms with van der Waals surface area (Å²) in [6.07, 6.45) is 1.56. The lowest BCUT2D eigenvalue weighted by molar-refractivity contribution is -0.120. The zero-order chi connectivity index (χ0) is 17.6. The van der Waals surface area contributed by atoms with Gasteiger partial charge in [-0.05, 0) is 43.2 Å². The predicted octanol–water partition coefficient (Wildman–Crippen LogP) is 3.61. The van der Waals surface area contributed by atoms with Crippen molar-refractivity contribution in [1.82, 2.24) is 5.32 Å². The zero-order valence-corrected chi connectivity index (χ0v) is 15.1. The van der Waals surface area contributed by atoms with E-state index >= 15 is 0 Å². The number of hydrogen-bond acceptors (Lipinski definition) is 3. The van der Waals surface area contributed by atoms with Gasteiger partial charge in [-0.3, -0.25) is 9.59 Å². The predicted molar refractivity (Wildman–Crippen MR) is 102 cm³/mol. The highest BCUT2D eigenvalue weighted by atomic mass is 32.2. The SMILES string of the molecule is CC(Sc1ccccc1)C(=O)NCc1ccc(N2CCCC2=O)cc1. The van der Waals surface area contributed by atoms with Crippen molar-refractivity contribution in [2.45, 2.75) is 36.5 Å². The Hall–Kier alpha value is -2.27. The second-order valence-electron chi connectivity index (χ2n) is 6.11. The molecule has 5 heteroatoms. The molecule has 3 rings (SSSR count). The van der Waals surface area contributed by atoms with Crippen LogP contribution in [0.2, 0.25) is 0 Å². The molecular weight excluding hydrogens is 332 g/mol. The van der Waals surface area contributed by atoms with Gasteiger partial charge >= 0.3 is 0 Å². The highest BCUT2D eigenvalue weighted by Crippen LogP contribution is 2.23. The fraction of sp³-hybridized carbons (Fsp3) is 0.300. The highest BCUT2D eigenvalue weighted by Gasteiger charge is 2.21. The fourth-order valence-corrected chi connectivity index (χ4v) is 3.72. The van der Waals surface area contributed by atoms with Gasteiger partial charge in [-0.1, -0.05) is 30.3 Å². The Morgan fingerprint density at radius 3 is 2.52 bits per heavy atom. The van der Waals surface area contributed by atoms with E-state index in [-0.39, 0.29) is 17.1 Å². The maximum Gasteiger partial charge on any atom is 0.233 e. The molecule has 1 unspecified atom stereocenters. The minimum atomic E-state index is -0.149. The monoisotopic (exact) mass is 354 g/mol. The summed E-state index contributed by atoms with van der Waals surface area (Å²) in [6.45, 7) is 3.20. The molecule has 1 fully saturated rings. The number of nitrogens with one attached hydrogen (secondary N) is 1. The number of rotatable bonds is 6. The van der Waals surface area contributed by atoms with Crippen molar-refractivity contribution in [2.24, 2.45) is 0 Å². The summed E-state index contributed by atoms with van der Waals surface area (Å²) in [5.74, 6) is 0.209. The average Bonchev–Trinajstić information content (AvgIpc) is 3.07. The Labute approximate surface area is 152 Å². The van der Waals surface area contributed by atoms with Gasteiger partial charge in [0.25, 0.3) is 0 Å². The number of amides is 2. The largest absolute Gasteiger partial charge is 0.351 e. The second kappa shape index (κ2) is 8.21. The standard InChI is InChI=1S/C20H22N2O2S/c1-15(25-18-6-3-2-4-7-18)20(24)21-14-16-9-11-17(12-10-16)22-13-5-8-19(22)23/h2-4,6-7,9-12,15H,5,8,13-14H2,1H3,(H,21,24). The summed E-state index contributed by atoms with van der Waals surface area (Å²) in [5.41, 5.74) is 1.96. The number of anilines is 1. The first-order valence-corrected chi connectivity index (χ1v) is 9.40. The smallest absolute Gasteiger partial charge is 0.233 e. The van der Waals surface area contributed by atoms with Gasteiger partial charge in [0.05, 0.1) is 5.25 Å². The van der Waals surface area contributed by atoms with Gasteiger partial charge < -0.3 is 10.2 Å². The van der Waals surface area contributed by atoms with Crippen LogP contribution in [0, 0.1) is 0 Å². The molecule has 25 heavy (non-hydrogen) atoms. The molecule has 1 aliphatic heterocycles. The molecule has 0 bridgehead atoms. The van der Waals surface area contributed by atoms with Crippen LogP contribution in [-0.4, -0.2) is 23.6 Å². The van der Waals surface area contributed by atoms with Crippen LogP contribution in [0.4, 0.5) is 5.69 Å². The first-order chi connectivity index (χ1) is 12.1. The molecule has 4 nitrogen and oxygen atoms in total. The quantitative estimate of drug-likeness (QED) is 0.806. The van der Waals surface area contributed by atoms with Gasteiger partial charge in [-0.15, -0.1) is 11.8 Å². The van der Waals surface area contributed by atoms with Gasteiger partial charge in [-0.2, -0.15) is 0 Å². The molecular formula is C20H22N2O2S. The molecule has 1 heterocycles. The van der Waals surface area contributed by atoms with Crippen molar-refractivity contribution in [3.8, 4) is 0 Å². The summed E-state index contributed by atoms with van der Waals surface area (Å²) >= 11 is 1.55. The highest BCUT2D eigenvalue weighted by molar-refractivity contribution is 8.00. The van der Waals surface area contributed by atoms with Crippen molar-refractivity contribution < 1.29 is 9.59 Å². The molecule has 1 atom stereocenters. The van der Waals surface area contributed by atoms with E-state index in [4.69, 9.17) is 0 Å². The Balaban J connectivity index is 1.51. The molecule has 2 aromatic carbocycles. The number of thioether (sulfide) groups is 1.